The highest BCUT2D eigenvalue weighted by atomic mass is 32.2. The number of hydrogen-bond donors (Lipinski definition) is 1. The summed E-state index contributed by atoms with van der Waals surface area (Å²) in [5.41, 5.74) is 0. The van der Waals surface area contributed by atoms with Crippen molar-refractivity contribution in [1.82, 2.24) is 4.90 Å². The summed E-state index contributed by atoms with van der Waals surface area (Å²) in [6.07, 6.45) is 2.94. The van der Waals surface area contributed by atoms with Gasteiger partial charge >= 0.3 is 5.97 Å². The number of carboxylic acid groups (broad SMARTS) is 1. The van der Waals surface area contributed by atoms with Crippen LogP contribution in [0.2, 0.25) is 0 Å². The molecule has 0 aliphatic heterocycles. The molecule has 0 heterocycles. The molecular formula is C10H17NO5S. The van der Waals surface area contributed by atoms with Crippen molar-refractivity contribution >= 4 is 21.7 Å². The highest BCUT2D eigenvalue weighted by Gasteiger charge is 2.28. The summed E-state index contributed by atoms with van der Waals surface area (Å²) in [4.78, 5) is 23.5. The van der Waals surface area contributed by atoms with Crippen LogP contribution < -0.4 is 0 Å². The predicted molar refractivity (Wildman–Crippen MR) is 61.3 cm³/mol. The standard InChI is InChI=1S/C10H17NO5S/c1-17(15,16)5-4-9(12)11(7-10(13)14)6-8-2-3-8/h8H,2-7H2,1H3,(H,13,14). The van der Waals surface area contributed by atoms with Crippen molar-refractivity contribution in [3.8, 4) is 0 Å². The summed E-state index contributed by atoms with van der Waals surface area (Å²) < 4.78 is 21.9. The van der Waals surface area contributed by atoms with E-state index < -0.39 is 21.7 Å². The van der Waals surface area contributed by atoms with Gasteiger partial charge in [0.25, 0.3) is 0 Å². The van der Waals surface area contributed by atoms with E-state index in [0.29, 0.717) is 12.5 Å². The third kappa shape index (κ3) is 6.25. The highest BCUT2D eigenvalue weighted by Crippen LogP contribution is 2.29. The number of hydrogen-bond acceptors (Lipinski definition) is 4. The molecule has 98 valence electrons. The largest absolute Gasteiger partial charge is 0.480 e. The van der Waals surface area contributed by atoms with Crippen LogP contribution in [-0.2, 0) is 19.4 Å². The SMILES string of the molecule is CS(=O)(=O)CCC(=O)N(CC(=O)O)CC1CC1. The average Bonchev–Trinajstić information content (AvgIpc) is 2.95. The van der Waals surface area contributed by atoms with Crippen molar-refractivity contribution in [2.24, 2.45) is 5.92 Å². The van der Waals surface area contributed by atoms with Gasteiger partial charge < -0.3 is 10.0 Å². The van der Waals surface area contributed by atoms with E-state index in [1.807, 2.05) is 0 Å². The lowest BCUT2D eigenvalue weighted by Crippen LogP contribution is -2.37. The zero-order chi connectivity index (χ0) is 13.1. The van der Waals surface area contributed by atoms with E-state index in [4.69, 9.17) is 5.11 Å². The molecule has 0 spiro atoms. The summed E-state index contributed by atoms with van der Waals surface area (Å²) in [6.45, 7) is 0.0774. The zero-order valence-electron chi connectivity index (χ0n) is 9.76. The lowest BCUT2D eigenvalue weighted by molar-refractivity contribution is -0.144. The van der Waals surface area contributed by atoms with Crippen LogP contribution in [0.5, 0.6) is 0 Å². The first-order valence-electron chi connectivity index (χ1n) is 5.45. The lowest BCUT2D eigenvalue weighted by Gasteiger charge is -2.20. The minimum absolute atomic E-state index is 0.140. The minimum atomic E-state index is -3.19. The van der Waals surface area contributed by atoms with E-state index in [1.165, 1.54) is 4.90 Å². The quantitative estimate of drug-likeness (QED) is 0.683. The number of carbonyl (C=O) groups is 2. The Kier molecular flexibility index (Phi) is 4.50. The maximum atomic E-state index is 11.7. The Balaban J connectivity index is 2.49. The van der Waals surface area contributed by atoms with E-state index in [1.54, 1.807) is 0 Å². The van der Waals surface area contributed by atoms with Crippen LogP contribution in [0.15, 0.2) is 0 Å². The molecule has 0 atom stereocenters. The fourth-order valence-electron chi connectivity index (χ4n) is 1.46. The number of sulfone groups is 1. The van der Waals surface area contributed by atoms with Gasteiger partial charge in [0.15, 0.2) is 0 Å². The maximum Gasteiger partial charge on any atom is 0.323 e. The van der Waals surface area contributed by atoms with Crippen molar-refractivity contribution < 1.29 is 23.1 Å². The molecule has 1 aliphatic carbocycles. The molecule has 1 saturated carbocycles. The molecule has 17 heavy (non-hydrogen) atoms. The van der Waals surface area contributed by atoms with Crippen LogP contribution in [0.4, 0.5) is 0 Å². The van der Waals surface area contributed by atoms with Crippen LogP contribution in [0.3, 0.4) is 0 Å². The van der Waals surface area contributed by atoms with Gasteiger partial charge in [0.1, 0.15) is 16.4 Å². The van der Waals surface area contributed by atoms with Gasteiger partial charge in [-0.1, -0.05) is 0 Å². The molecule has 0 bridgehead atoms. The van der Waals surface area contributed by atoms with Gasteiger partial charge in [0.2, 0.25) is 5.91 Å². The van der Waals surface area contributed by atoms with Crippen LogP contribution in [0.1, 0.15) is 19.3 Å². The van der Waals surface area contributed by atoms with Crippen molar-refractivity contribution in [2.75, 3.05) is 25.1 Å². The number of carboxylic acids is 1. The highest BCUT2D eigenvalue weighted by molar-refractivity contribution is 7.90. The minimum Gasteiger partial charge on any atom is -0.480 e. The second-order valence-corrected chi connectivity index (χ2v) is 6.75. The Bertz CT molecular complexity index is 399. The summed E-state index contributed by atoms with van der Waals surface area (Å²) in [7, 11) is -3.19. The molecule has 1 N–H and O–H groups in total. The molecule has 1 aliphatic rings. The molecule has 0 radical (unpaired) electrons. The molecule has 0 aromatic carbocycles. The van der Waals surface area contributed by atoms with Crippen molar-refractivity contribution in [2.45, 2.75) is 19.3 Å². The molecule has 0 saturated heterocycles. The van der Waals surface area contributed by atoms with Crippen LogP contribution >= 0.6 is 0 Å². The smallest absolute Gasteiger partial charge is 0.323 e. The van der Waals surface area contributed by atoms with E-state index in [9.17, 15) is 18.0 Å². The van der Waals surface area contributed by atoms with Gasteiger partial charge in [-0.05, 0) is 18.8 Å². The summed E-state index contributed by atoms with van der Waals surface area (Å²) in [6, 6.07) is 0. The van der Waals surface area contributed by atoms with Gasteiger partial charge in [0, 0.05) is 19.2 Å². The fraction of sp³-hybridized carbons (Fsp3) is 0.800. The van der Waals surface area contributed by atoms with Crippen molar-refractivity contribution in [1.29, 1.82) is 0 Å². The molecule has 1 amide bonds. The number of carbonyl (C=O) groups excluding carboxylic acids is 1. The van der Waals surface area contributed by atoms with Gasteiger partial charge in [-0.15, -0.1) is 0 Å². The monoisotopic (exact) mass is 263 g/mol. The number of aliphatic carboxylic acids is 1. The second-order valence-electron chi connectivity index (χ2n) is 4.49. The molecule has 6 nitrogen and oxygen atoms in total. The molecule has 1 fully saturated rings. The Hall–Kier alpha value is -1.11. The van der Waals surface area contributed by atoms with Gasteiger partial charge in [0.05, 0.1) is 5.75 Å². The van der Waals surface area contributed by atoms with E-state index in [2.05, 4.69) is 0 Å². The number of amides is 1. The molecule has 0 aromatic rings. The topological polar surface area (TPSA) is 91.8 Å². The normalized spacial score (nSPS) is 15.6. The Labute approximate surface area is 101 Å². The summed E-state index contributed by atoms with van der Waals surface area (Å²) >= 11 is 0. The van der Waals surface area contributed by atoms with E-state index >= 15 is 0 Å². The molecule has 0 unspecified atom stereocenters. The third-order valence-electron chi connectivity index (χ3n) is 2.54. The van der Waals surface area contributed by atoms with E-state index in [-0.39, 0.29) is 18.7 Å². The van der Waals surface area contributed by atoms with Gasteiger partial charge in [-0.3, -0.25) is 9.59 Å². The molecule has 1 rings (SSSR count). The number of rotatable bonds is 7. The Morgan fingerprint density at radius 2 is 1.94 bits per heavy atom. The van der Waals surface area contributed by atoms with Crippen LogP contribution in [0.25, 0.3) is 0 Å². The average molecular weight is 263 g/mol. The van der Waals surface area contributed by atoms with Crippen LogP contribution in [0, 0.1) is 5.92 Å². The Morgan fingerprint density at radius 1 is 1.35 bits per heavy atom. The second kappa shape index (κ2) is 5.48. The lowest BCUT2D eigenvalue weighted by atomic mass is 10.3. The summed E-state index contributed by atoms with van der Waals surface area (Å²) in [5, 5.41) is 8.68. The zero-order valence-corrected chi connectivity index (χ0v) is 10.6. The first-order chi connectivity index (χ1) is 7.78. The third-order valence-corrected chi connectivity index (χ3v) is 3.49. The number of nitrogens with zero attached hydrogens (tertiary/aromatic N) is 1. The molecule has 7 heteroatoms. The predicted octanol–water partition coefficient (Wildman–Crippen LogP) is -0.256. The molecular weight excluding hydrogens is 246 g/mol. The van der Waals surface area contributed by atoms with Crippen LogP contribution in [-0.4, -0.2) is 55.4 Å². The van der Waals surface area contributed by atoms with E-state index in [0.717, 1.165) is 19.1 Å². The van der Waals surface area contributed by atoms with Crippen molar-refractivity contribution in [3.05, 3.63) is 0 Å². The summed E-state index contributed by atoms with van der Waals surface area (Å²) in [5.74, 6) is -1.31. The van der Waals surface area contributed by atoms with Crippen molar-refractivity contribution in [3.63, 3.8) is 0 Å². The van der Waals surface area contributed by atoms with Gasteiger partial charge in [-0.2, -0.15) is 0 Å². The first kappa shape index (κ1) is 14.0. The Morgan fingerprint density at radius 3 is 2.35 bits per heavy atom. The maximum absolute atomic E-state index is 11.7. The fourth-order valence-corrected chi connectivity index (χ4v) is 2.01. The van der Waals surface area contributed by atoms with Gasteiger partial charge in [-0.25, -0.2) is 8.42 Å². The molecule has 0 aromatic heterocycles. The first-order valence-corrected chi connectivity index (χ1v) is 7.51.